The summed E-state index contributed by atoms with van der Waals surface area (Å²) in [4.78, 5) is 2.15. The van der Waals surface area contributed by atoms with E-state index in [0.717, 1.165) is 18.8 Å². The van der Waals surface area contributed by atoms with E-state index in [2.05, 4.69) is 22.1 Å². The molecule has 2 N–H and O–H groups in total. The molecule has 0 aliphatic carbocycles. The van der Waals surface area contributed by atoms with Crippen LogP contribution in [0.1, 0.15) is 6.92 Å². The van der Waals surface area contributed by atoms with Crippen LogP contribution in [-0.2, 0) is 4.74 Å². The first-order valence-corrected chi connectivity index (χ1v) is 5.52. The number of likely N-dealkylation sites (N-methyl/N-ethyl adjacent to an activating group) is 1. The highest BCUT2D eigenvalue weighted by Gasteiger charge is 2.14. The molecular formula is C11H16N4O2. The van der Waals surface area contributed by atoms with Crippen LogP contribution < -0.4 is 10.6 Å². The summed E-state index contributed by atoms with van der Waals surface area (Å²) in [5.41, 5.74) is 8.66. The fraction of sp³-hybridized carbons (Fsp3) is 0.455. The zero-order valence-electron chi connectivity index (χ0n) is 10.0. The number of rotatable bonds is 5. The van der Waals surface area contributed by atoms with E-state index in [1.807, 2.05) is 12.1 Å². The molecule has 0 unspecified atom stereocenters. The third-order valence-electron chi connectivity index (χ3n) is 2.71. The fourth-order valence-electron chi connectivity index (χ4n) is 1.78. The molecule has 1 heterocycles. The van der Waals surface area contributed by atoms with E-state index in [0.29, 0.717) is 23.3 Å². The summed E-state index contributed by atoms with van der Waals surface area (Å²) < 4.78 is 9.83. The molecule has 92 valence electrons. The van der Waals surface area contributed by atoms with Gasteiger partial charge in [0.25, 0.3) is 0 Å². The monoisotopic (exact) mass is 236 g/mol. The topological polar surface area (TPSA) is 77.4 Å². The van der Waals surface area contributed by atoms with E-state index < -0.39 is 0 Å². The van der Waals surface area contributed by atoms with Crippen molar-refractivity contribution in [3.8, 4) is 0 Å². The van der Waals surface area contributed by atoms with Crippen molar-refractivity contribution in [2.45, 2.75) is 6.92 Å². The van der Waals surface area contributed by atoms with Crippen LogP contribution in [0.25, 0.3) is 11.0 Å². The molecule has 0 fully saturated rings. The minimum Gasteiger partial charge on any atom is -0.397 e. The number of hydrogen-bond donors (Lipinski definition) is 1. The molecule has 0 radical (unpaired) electrons. The van der Waals surface area contributed by atoms with Gasteiger partial charge in [0.2, 0.25) is 0 Å². The quantitative estimate of drug-likeness (QED) is 0.788. The molecule has 17 heavy (non-hydrogen) atoms. The Morgan fingerprint density at radius 3 is 2.82 bits per heavy atom. The van der Waals surface area contributed by atoms with Crippen molar-refractivity contribution in [1.29, 1.82) is 0 Å². The summed E-state index contributed by atoms with van der Waals surface area (Å²) in [6, 6.07) is 3.75. The van der Waals surface area contributed by atoms with Crippen LogP contribution in [0.15, 0.2) is 16.8 Å². The second-order valence-electron chi connectivity index (χ2n) is 3.71. The van der Waals surface area contributed by atoms with Crippen LogP contribution in [0.3, 0.4) is 0 Å². The molecule has 0 aliphatic rings. The van der Waals surface area contributed by atoms with Crippen LogP contribution in [0.5, 0.6) is 0 Å². The van der Waals surface area contributed by atoms with Crippen LogP contribution >= 0.6 is 0 Å². The van der Waals surface area contributed by atoms with Gasteiger partial charge in [0.1, 0.15) is 0 Å². The summed E-state index contributed by atoms with van der Waals surface area (Å²) in [7, 11) is 1.68. The highest BCUT2D eigenvalue weighted by molar-refractivity contribution is 5.95. The van der Waals surface area contributed by atoms with Gasteiger partial charge in [-0.1, -0.05) is 0 Å². The molecule has 0 aliphatic heterocycles. The van der Waals surface area contributed by atoms with Crippen LogP contribution in [-0.4, -0.2) is 37.1 Å². The number of aromatic nitrogens is 2. The molecule has 0 saturated heterocycles. The number of benzene rings is 1. The number of fused-ring (bicyclic) bond motifs is 1. The number of nitrogens with two attached hydrogens (primary N) is 1. The predicted molar refractivity (Wildman–Crippen MR) is 66.0 cm³/mol. The van der Waals surface area contributed by atoms with Gasteiger partial charge in [0, 0.05) is 20.2 Å². The smallest absolute Gasteiger partial charge is 0.160 e. The maximum atomic E-state index is 5.81. The standard InChI is InChI=1S/C11H16N4O2/c1-3-15(6-7-16-2)9-5-4-8(12)10-11(9)14-17-13-10/h4-5H,3,6-7,12H2,1-2H3. The summed E-state index contributed by atoms with van der Waals surface area (Å²) in [6.45, 7) is 4.38. The van der Waals surface area contributed by atoms with E-state index in [-0.39, 0.29) is 0 Å². The lowest BCUT2D eigenvalue weighted by Gasteiger charge is -2.22. The SMILES string of the molecule is CCN(CCOC)c1ccc(N)c2nonc12. The first kappa shape index (κ1) is 11.7. The van der Waals surface area contributed by atoms with Gasteiger partial charge in [0.05, 0.1) is 18.0 Å². The molecule has 6 heteroatoms. The van der Waals surface area contributed by atoms with Crippen molar-refractivity contribution in [3.63, 3.8) is 0 Å². The minimum atomic E-state index is 0.577. The largest absolute Gasteiger partial charge is 0.397 e. The van der Waals surface area contributed by atoms with Crippen molar-refractivity contribution in [3.05, 3.63) is 12.1 Å². The summed E-state index contributed by atoms with van der Waals surface area (Å²) in [6.07, 6.45) is 0. The van der Waals surface area contributed by atoms with Gasteiger partial charge in [-0.25, -0.2) is 4.63 Å². The van der Waals surface area contributed by atoms with Crippen molar-refractivity contribution in [2.75, 3.05) is 37.4 Å². The molecule has 0 atom stereocenters. The van der Waals surface area contributed by atoms with Gasteiger partial charge >= 0.3 is 0 Å². The Kier molecular flexibility index (Phi) is 3.43. The van der Waals surface area contributed by atoms with Crippen molar-refractivity contribution in [1.82, 2.24) is 10.3 Å². The van der Waals surface area contributed by atoms with Gasteiger partial charge in [-0.2, -0.15) is 0 Å². The number of nitrogens with zero attached hydrogens (tertiary/aromatic N) is 3. The Bertz CT molecular complexity index is 497. The molecular weight excluding hydrogens is 220 g/mol. The molecule has 1 aromatic carbocycles. The van der Waals surface area contributed by atoms with Crippen molar-refractivity contribution in [2.24, 2.45) is 0 Å². The Morgan fingerprint density at radius 2 is 2.12 bits per heavy atom. The molecule has 0 spiro atoms. The Balaban J connectivity index is 2.39. The summed E-state index contributed by atoms with van der Waals surface area (Å²) in [5, 5.41) is 7.71. The highest BCUT2D eigenvalue weighted by atomic mass is 16.6. The van der Waals surface area contributed by atoms with Crippen molar-refractivity contribution >= 4 is 22.4 Å². The van der Waals surface area contributed by atoms with Gasteiger partial charge in [-0.15, -0.1) is 0 Å². The number of nitrogen functional groups attached to an aromatic ring is 1. The van der Waals surface area contributed by atoms with E-state index in [4.69, 9.17) is 15.1 Å². The number of methoxy groups -OCH3 is 1. The molecule has 0 bridgehead atoms. The van der Waals surface area contributed by atoms with Crippen LogP contribution in [0.2, 0.25) is 0 Å². The lowest BCUT2D eigenvalue weighted by atomic mass is 10.2. The van der Waals surface area contributed by atoms with E-state index in [1.165, 1.54) is 0 Å². The van der Waals surface area contributed by atoms with Crippen molar-refractivity contribution < 1.29 is 9.37 Å². The van der Waals surface area contributed by atoms with Gasteiger partial charge in [-0.3, -0.25) is 0 Å². The number of anilines is 2. The second-order valence-corrected chi connectivity index (χ2v) is 3.71. The van der Waals surface area contributed by atoms with Gasteiger partial charge < -0.3 is 15.4 Å². The lowest BCUT2D eigenvalue weighted by Crippen LogP contribution is -2.27. The van der Waals surface area contributed by atoms with Crippen LogP contribution in [0.4, 0.5) is 11.4 Å². The molecule has 6 nitrogen and oxygen atoms in total. The Hall–Kier alpha value is -1.82. The van der Waals surface area contributed by atoms with Gasteiger partial charge in [-0.05, 0) is 29.4 Å². The fourth-order valence-corrected chi connectivity index (χ4v) is 1.78. The third-order valence-corrected chi connectivity index (χ3v) is 2.71. The van der Waals surface area contributed by atoms with E-state index in [1.54, 1.807) is 7.11 Å². The van der Waals surface area contributed by atoms with E-state index >= 15 is 0 Å². The first-order chi connectivity index (χ1) is 8.27. The average Bonchev–Trinajstić information content (AvgIpc) is 2.82. The normalized spacial score (nSPS) is 10.9. The summed E-state index contributed by atoms with van der Waals surface area (Å²) in [5.74, 6) is 0. The molecule has 0 saturated carbocycles. The minimum absolute atomic E-state index is 0.577. The second kappa shape index (κ2) is 5.01. The number of hydrogen-bond acceptors (Lipinski definition) is 6. The Morgan fingerprint density at radius 1 is 1.35 bits per heavy atom. The van der Waals surface area contributed by atoms with Crippen LogP contribution in [0, 0.1) is 0 Å². The predicted octanol–water partition coefficient (Wildman–Crippen LogP) is 1.28. The van der Waals surface area contributed by atoms with Gasteiger partial charge in [0.15, 0.2) is 11.0 Å². The molecule has 2 aromatic rings. The molecule has 2 rings (SSSR count). The molecule has 1 aromatic heterocycles. The average molecular weight is 236 g/mol. The maximum absolute atomic E-state index is 5.81. The maximum Gasteiger partial charge on any atom is 0.160 e. The first-order valence-electron chi connectivity index (χ1n) is 5.52. The van der Waals surface area contributed by atoms with E-state index in [9.17, 15) is 0 Å². The number of ether oxygens (including phenoxy) is 1. The zero-order valence-corrected chi connectivity index (χ0v) is 10.0. The lowest BCUT2D eigenvalue weighted by molar-refractivity contribution is 0.205. The third kappa shape index (κ3) is 2.16. The zero-order chi connectivity index (χ0) is 12.3. The highest BCUT2D eigenvalue weighted by Crippen LogP contribution is 2.27. The summed E-state index contributed by atoms with van der Waals surface area (Å²) >= 11 is 0. The molecule has 0 amide bonds. The Labute approximate surface area is 99.3 Å².